The van der Waals surface area contributed by atoms with E-state index in [1.54, 1.807) is 12.1 Å². The van der Waals surface area contributed by atoms with Crippen molar-refractivity contribution in [3.05, 3.63) is 59.0 Å². The number of thioether (sulfide) groups is 1. The van der Waals surface area contributed by atoms with E-state index in [4.69, 9.17) is 16.3 Å². The second-order valence-corrected chi connectivity index (χ2v) is 7.99. The smallest absolute Gasteiger partial charge is 0.307 e. The van der Waals surface area contributed by atoms with Crippen molar-refractivity contribution in [3.63, 3.8) is 0 Å². The number of halogens is 1. The number of fused-ring (bicyclic) bond motifs is 2. The Balaban J connectivity index is 1.37. The summed E-state index contributed by atoms with van der Waals surface area (Å²) in [5.41, 5.74) is 3.24. The zero-order chi connectivity index (χ0) is 19.0. The van der Waals surface area contributed by atoms with Gasteiger partial charge < -0.3 is 14.5 Å². The summed E-state index contributed by atoms with van der Waals surface area (Å²) >= 11 is 7.28. The van der Waals surface area contributed by atoms with Crippen molar-refractivity contribution in [3.8, 4) is 0 Å². The average Bonchev–Trinajstić information content (AvgIpc) is 3.03. The van der Waals surface area contributed by atoms with E-state index < -0.39 is 11.2 Å². The molecule has 0 spiro atoms. The van der Waals surface area contributed by atoms with Gasteiger partial charge in [0.25, 0.3) is 0 Å². The lowest BCUT2D eigenvalue weighted by Gasteiger charge is -2.23. The molecule has 0 aliphatic carbocycles. The van der Waals surface area contributed by atoms with Gasteiger partial charge in [0.05, 0.1) is 23.1 Å². The van der Waals surface area contributed by atoms with Crippen molar-refractivity contribution < 1.29 is 14.3 Å². The van der Waals surface area contributed by atoms with Gasteiger partial charge in [-0.1, -0.05) is 17.7 Å². The van der Waals surface area contributed by atoms with Crippen LogP contribution in [0.4, 0.5) is 5.69 Å². The molecule has 138 valence electrons. The Morgan fingerprint density at radius 2 is 2.19 bits per heavy atom. The van der Waals surface area contributed by atoms with Crippen LogP contribution in [0, 0.1) is 6.92 Å². The van der Waals surface area contributed by atoms with Crippen LogP contribution in [0.5, 0.6) is 0 Å². The molecule has 0 unspecified atom stereocenters. The third-order valence-corrected chi connectivity index (χ3v) is 5.65. The van der Waals surface area contributed by atoms with Gasteiger partial charge in [-0.3, -0.25) is 9.59 Å². The number of hydrogen-bond acceptors (Lipinski definition) is 5. The standard InChI is InChI=1S/C19H16ClN3O3S/c1-11-2-5-17-21-13(9-23(17)8-11)10-26-18(24)7-16-19(25)22-14-6-12(20)3-4-15(14)27-16/h2-6,8-9,16H,7,10H2,1H3,(H,22,25)/t16-/m0/s1. The molecular weight excluding hydrogens is 386 g/mol. The average molecular weight is 402 g/mol. The van der Waals surface area contributed by atoms with Crippen LogP contribution in [-0.4, -0.2) is 26.5 Å². The summed E-state index contributed by atoms with van der Waals surface area (Å²) in [5, 5.41) is 2.80. The number of hydrogen-bond donors (Lipinski definition) is 1. The fourth-order valence-electron chi connectivity index (χ4n) is 2.85. The highest BCUT2D eigenvalue weighted by Crippen LogP contribution is 2.38. The minimum absolute atomic E-state index is 0.00888. The zero-order valence-electron chi connectivity index (χ0n) is 14.4. The zero-order valence-corrected chi connectivity index (χ0v) is 16.0. The predicted octanol–water partition coefficient (Wildman–Crippen LogP) is 3.84. The maximum Gasteiger partial charge on any atom is 0.307 e. The molecule has 1 aromatic carbocycles. The van der Waals surface area contributed by atoms with E-state index >= 15 is 0 Å². The second-order valence-electron chi connectivity index (χ2n) is 6.31. The van der Waals surface area contributed by atoms with Crippen molar-refractivity contribution in [2.45, 2.75) is 30.1 Å². The van der Waals surface area contributed by atoms with Crippen LogP contribution >= 0.6 is 23.4 Å². The summed E-state index contributed by atoms with van der Waals surface area (Å²) < 4.78 is 7.21. The number of rotatable bonds is 4. The molecule has 4 rings (SSSR count). The first kappa shape index (κ1) is 17.9. The van der Waals surface area contributed by atoms with E-state index in [9.17, 15) is 9.59 Å². The van der Waals surface area contributed by atoms with E-state index in [1.807, 2.05) is 41.9 Å². The normalized spacial score (nSPS) is 16.1. The maximum atomic E-state index is 12.2. The molecule has 0 saturated carbocycles. The fraction of sp³-hybridized carbons (Fsp3) is 0.211. The first-order valence-corrected chi connectivity index (χ1v) is 9.60. The lowest BCUT2D eigenvalue weighted by molar-refractivity contribution is -0.145. The third kappa shape index (κ3) is 3.94. The van der Waals surface area contributed by atoms with Gasteiger partial charge >= 0.3 is 5.97 Å². The SMILES string of the molecule is Cc1ccc2nc(COC(=O)C[C@@H]3Sc4ccc(Cl)cc4NC3=O)cn2c1. The van der Waals surface area contributed by atoms with Gasteiger partial charge in [-0.05, 0) is 36.8 Å². The molecule has 1 aliphatic heterocycles. The molecule has 3 heterocycles. The molecule has 8 heteroatoms. The molecule has 1 N–H and O–H groups in total. The molecular formula is C19H16ClN3O3S. The largest absolute Gasteiger partial charge is 0.459 e. The lowest BCUT2D eigenvalue weighted by atomic mass is 10.2. The maximum absolute atomic E-state index is 12.2. The number of carbonyl (C=O) groups is 2. The first-order chi connectivity index (χ1) is 13.0. The Morgan fingerprint density at radius 1 is 1.33 bits per heavy atom. The van der Waals surface area contributed by atoms with Crippen molar-refractivity contribution in [2.75, 3.05) is 5.32 Å². The number of esters is 1. The molecule has 0 radical (unpaired) electrons. The van der Waals surface area contributed by atoms with Crippen molar-refractivity contribution in [1.29, 1.82) is 0 Å². The predicted molar refractivity (Wildman–Crippen MR) is 104 cm³/mol. The summed E-state index contributed by atoms with van der Waals surface area (Å²) in [6.07, 6.45) is 3.78. The molecule has 2 aromatic heterocycles. The Labute approximate surface area is 164 Å². The van der Waals surface area contributed by atoms with Gasteiger partial charge in [-0.2, -0.15) is 0 Å². The highest BCUT2D eigenvalue weighted by molar-refractivity contribution is 8.01. The molecule has 6 nitrogen and oxygen atoms in total. The molecule has 3 aromatic rings. The van der Waals surface area contributed by atoms with E-state index in [1.165, 1.54) is 11.8 Å². The van der Waals surface area contributed by atoms with Crippen LogP contribution in [0.3, 0.4) is 0 Å². The summed E-state index contributed by atoms with van der Waals surface area (Å²) in [7, 11) is 0. The van der Waals surface area contributed by atoms with Crippen LogP contribution in [0.15, 0.2) is 47.6 Å². The number of carbonyl (C=O) groups excluding carboxylic acids is 2. The summed E-state index contributed by atoms with van der Waals surface area (Å²) in [6.45, 7) is 2.07. The van der Waals surface area contributed by atoms with E-state index in [0.717, 1.165) is 16.1 Å². The molecule has 0 saturated heterocycles. The van der Waals surface area contributed by atoms with E-state index in [-0.39, 0.29) is 18.9 Å². The molecule has 0 bridgehead atoms. The van der Waals surface area contributed by atoms with Crippen LogP contribution in [0.1, 0.15) is 17.7 Å². The topological polar surface area (TPSA) is 72.7 Å². The Bertz CT molecular complexity index is 1050. The van der Waals surface area contributed by atoms with Crippen LogP contribution < -0.4 is 5.32 Å². The highest BCUT2D eigenvalue weighted by Gasteiger charge is 2.29. The molecule has 1 amide bonds. The highest BCUT2D eigenvalue weighted by atomic mass is 35.5. The molecule has 0 fully saturated rings. The number of pyridine rings is 1. The minimum Gasteiger partial charge on any atom is -0.459 e. The number of ether oxygens (including phenoxy) is 1. The Hall–Kier alpha value is -2.51. The van der Waals surface area contributed by atoms with E-state index in [2.05, 4.69) is 10.3 Å². The Kier molecular flexibility index (Phi) is 4.80. The van der Waals surface area contributed by atoms with Crippen LogP contribution in [-0.2, 0) is 20.9 Å². The second kappa shape index (κ2) is 7.25. The van der Waals surface area contributed by atoms with Crippen molar-refractivity contribution >= 4 is 46.6 Å². The van der Waals surface area contributed by atoms with Gasteiger partial charge in [0.15, 0.2) is 0 Å². The number of nitrogens with one attached hydrogen (secondary N) is 1. The minimum atomic E-state index is -0.533. The number of aromatic nitrogens is 2. The summed E-state index contributed by atoms with van der Waals surface area (Å²) in [4.78, 5) is 29.7. The molecule has 1 aliphatic rings. The quantitative estimate of drug-likeness (QED) is 0.672. The van der Waals surface area contributed by atoms with Crippen molar-refractivity contribution in [1.82, 2.24) is 9.38 Å². The number of anilines is 1. The van der Waals surface area contributed by atoms with Crippen LogP contribution in [0.25, 0.3) is 5.65 Å². The van der Waals surface area contributed by atoms with Crippen molar-refractivity contribution in [2.24, 2.45) is 0 Å². The number of benzene rings is 1. The number of amides is 1. The number of imidazole rings is 1. The van der Waals surface area contributed by atoms with Gasteiger partial charge in [0.2, 0.25) is 5.91 Å². The van der Waals surface area contributed by atoms with Gasteiger partial charge in [0.1, 0.15) is 12.3 Å². The monoisotopic (exact) mass is 401 g/mol. The lowest BCUT2D eigenvalue weighted by Crippen LogP contribution is -2.31. The van der Waals surface area contributed by atoms with Crippen LogP contribution in [0.2, 0.25) is 5.02 Å². The Morgan fingerprint density at radius 3 is 3.04 bits per heavy atom. The van der Waals surface area contributed by atoms with Gasteiger partial charge in [0, 0.05) is 22.3 Å². The number of aryl methyl sites for hydroxylation is 1. The van der Waals surface area contributed by atoms with E-state index in [0.29, 0.717) is 16.4 Å². The summed E-state index contributed by atoms with van der Waals surface area (Å²) in [5.74, 6) is -0.664. The fourth-order valence-corrected chi connectivity index (χ4v) is 4.09. The molecule has 1 atom stereocenters. The van der Waals surface area contributed by atoms with Gasteiger partial charge in [-0.15, -0.1) is 11.8 Å². The molecule has 27 heavy (non-hydrogen) atoms. The van der Waals surface area contributed by atoms with Gasteiger partial charge in [-0.25, -0.2) is 4.98 Å². The number of nitrogens with zero attached hydrogens (tertiary/aromatic N) is 2. The summed E-state index contributed by atoms with van der Waals surface area (Å²) in [6, 6.07) is 9.17. The first-order valence-electron chi connectivity index (χ1n) is 8.35. The third-order valence-electron chi connectivity index (χ3n) is 4.14.